The zero-order valence-corrected chi connectivity index (χ0v) is 12.5. The second-order valence-corrected chi connectivity index (χ2v) is 4.73. The molecular formula is C14H10BrFN2O3. The average Bonchev–Trinajstić information content (AvgIpc) is 2.49. The highest BCUT2D eigenvalue weighted by molar-refractivity contribution is 9.10. The van der Waals surface area contributed by atoms with Gasteiger partial charge >= 0.3 is 5.97 Å². The van der Waals surface area contributed by atoms with Crippen molar-refractivity contribution in [2.45, 2.75) is 0 Å². The van der Waals surface area contributed by atoms with Crippen LogP contribution in [0.25, 0.3) is 0 Å². The first kappa shape index (κ1) is 15.1. The normalized spacial score (nSPS) is 10.0. The Hall–Kier alpha value is -2.28. The van der Waals surface area contributed by atoms with E-state index in [2.05, 4.69) is 31.0 Å². The molecule has 21 heavy (non-hydrogen) atoms. The van der Waals surface area contributed by atoms with Gasteiger partial charge in [-0.15, -0.1) is 0 Å². The molecule has 7 heteroatoms. The van der Waals surface area contributed by atoms with Crippen LogP contribution in [0.1, 0.15) is 20.7 Å². The van der Waals surface area contributed by atoms with Crippen molar-refractivity contribution in [1.29, 1.82) is 0 Å². The maximum absolute atomic E-state index is 13.7. The third kappa shape index (κ3) is 3.43. The molecule has 0 aliphatic carbocycles. The van der Waals surface area contributed by atoms with Gasteiger partial charge in [0, 0.05) is 6.20 Å². The Morgan fingerprint density at radius 2 is 2.10 bits per heavy atom. The highest BCUT2D eigenvalue weighted by atomic mass is 79.9. The molecule has 1 amide bonds. The van der Waals surface area contributed by atoms with Crippen LogP contribution in [0, 0.1) is 5.82 Å². The van der Waals surface area contributed by atoms with E-state index in [1.807, 2.05) is 0 Å². The van der Waals surface area contributed by atoms with E-state index in [0.717, 1.165) is 6.07 Å². The number of esters is 1. The summed E-state index contributed by atoms with van der Waals surface area (Å²) in [6, 6.07) is 6.69. The van der Waals surface area contributed by atoms with Crippen LogP contribution in [0.5, 0.6) is 0 Å². The molecule has 0 unspecified atom stereocenters. The first-order chi connectivity index (χ1) is 10.0. The van der Waals surface area contributed by atoms with Gasteiger partial charge in [-0.2, -0.15) is 0 Å². The monoisotopic (exact) mass is 352 g/mol. The number of pyridine rings is 1. The molecule has 0 saturated heterocycles. The lowest BCUT2D eigenvalue weighted by atomic mass is 10.2. The van der Waals surface area contributed by atoms with Gasteiger partial charge in [0.15, 0.2) is 0 Å². The molecule has 0 saturated carbocycles. The van der Waals surface area contributed by atoms with Crippen LogP contribution in [0.15, 0.2) is 41.1 Å². The minimum atomic E-state index is -0.656. The zero-order chi connectivity index (χ0) is 15.4. The molecule has 0 radical (unpaired) electrons. The van der Waals surface area contributed by atoms with E-state index in [0.29, 0.717) is 4.60 Å². The van der Waals surface area contributed by atoms with E-state index in [1.165, 1.54) is 31.5 Å². The summed E-state index contributed by atoms with van der Waals surface area (Å²) >= 11 is 3.14. The van der Waals surface area contributed by atoms with E-state index in [4.69, 9.17) is 0 Å². The Morgan fingerprint density at radius 1 is 1.33 bits per heavy atom. The van der Waals surface area contributed by atoms with Crippen LogP contribution in [0.3, 0.4) is 0 Å². The molecule has 2 rings (SSSR count). The summed E-state index contributed by atoms with van der Waals surface area (Å²) in [6.45, 7) is 0. The molecule has 0 atom stereocenters. The van der Waals surface area contributed by atoms with Gasteiger partial charge in [-0.05, 0) is 46.3 Å². The number of anilines is 1. The molecule has 5 nitrogen and oxygen atoms in total. The Labute approximate surface area is 128 Å². The number of amides is 1. The number of ether oxygens (including phenoxy) is 1. The van der Waals surface area contributed by atoms with E-state index in [1.54, 1.807) is 6.07 Å². The zero-order valence-electron chi connectivity index (χ0n) is 10.9. The fourth-order valence-electron chi connectivity index (χ4n) is 1.61. The average molecular weight is 353 g/mol. The van der Waals surface area contributed by atoms with Crippen molar-refractivity contribution in [1.82, 2.24) is 4.98 Å². The molecule has 108 valence electrons. The Morgan fingerprint density at radius 3 is 2.76 bits per heavy atom. The van der Waals surface area contributed by atoms with E-state index in [9.17, 15) is 14.0 Å². The molecule has 0 fully saturated rings. The molecule has 1 N–H and O–H groups in total. The number of nitrogens with one attached hydrogen (secondary N) is 1. The molecular weight excluding hydrogens is 343 g/mol. The van der Waals surface area contributed by atoms with Crippen molar-refractivity contribution in [3.63, 3.8) is 0 Å². The first-order valence-electron chi connectivity index (χ1n) is 5.82. The van der Waals surface area contributed by atoms with Crippen molar-refractivity contribution in [2.24, 2.45) is 0 Å². The number of hydrogen-bond acceptors (Lipinski definition) is 4. The topological polar surface area (TPSA) is 68.3 Å². The number of rotatable bonds is 3. The maximum Gasteiger partial charge on any atom is 0.337 e. The van der Waals surface area contributed by atoms with Crippen molar-refractivity contribution in [2.75, 3.05) is 12.4 Å². The molecule has 1 aromatic carbocycles. The quantitative estimate of drug-likeness (QED) is 0.680. The van der Waals surface area contributed by atoms with Crippen molar-refractivity contribution < 1.29 is 18.7 Å². The Kier molecular flexibility index (Phi) is 4.64. The fraction of sp³-hybridized carbons (Fsp3) is 0.0714. The number of nitrogens with zero attached hydrogens (tertiary/aromatic N) is 1. The smallest absolute Gasteiger partial charge is 0.337 e. The van der Waals surface area contributed by atoms with Gasteiger partial charge in [0.25, 0.3) is 5.91 Å². The summed E-state index contributed by atoms with van der Waals surface area (Å²) in [7, 11) is 1.22. The summed E-state index contributed by atoms with van der Waals surface area (Å²) < 4.78 is 18.6. The largest absolute Gasteiger partial charge is 0.465 e. The third-order valence-electron chi connectivity index (χ3n) is 2.64. The van der Waals surface area contributed by atoms with Gasteiger partial charge in [-0.3, -0.25) is 4.79 Å². The van der Waals surface area contributed by atoms with Crippen LogP contribution >= 0.6 is 15.9 Å². The van der Waals surface area contributed by atoms with Crippen LogP contribution in [-0.2, 0) is 4.74 Å². The number of methoxy groups -OCH3 is 1. The van der Waals surface area contributed by atoms with Gasteiger partial charge in [0.05, 0.1) is 23.9 Å². The molecule has 1 aromatic heterocycles. The molecule has 2 aromatic rings. The number of halogens is 2. The molecule has 0 bridgehead atoms. The lowest BCUT2D eigenvalue weighted by Crippen LogP contribution is -2.15. The number of carbonyl (C=O) groups excluding carboxylic acids is 2. The van der Waals surface area contributed by atoms with Crippen LogP contribution in [0.4, 0.5) is 10.1 Å². The van der Waals surface area contributed by atoms with Gasteiger partial charge in [0.2, 0.25) is 0 Å². The predicted molar refractivity (Wildman–Crippen MR) is 77.6 cm³/mol. The van der Waals surface area contributed by atoms with Gasteiger partial charge < -0.3 is 10.1 Å². The minimum Gasteiger partial charge on any atom is -0.465 e. The van der Waals surface area contributed by atoms with Gasteiger partial charge in [-0.25, -0.2) is 14.2 Å². The standard InChI is InChI=1S/C14H10BrFN2O3/c1-21-14(20)8-4-5-10(16)11(7-8)18-13(19)9-3-2-6-17-12(9)15/h2-7H,1H3,(H,18,19). The van der Waals surface area contributed by atoms with Crippen molar-refractivity contribution >= 4 is 33.5 Å². The number of aromatic nitrogens is 1. The van der Waals surface area contributed by atoms with Gasteiger partial charge in [0.1, 0.15) is 10.4 Å². The Bertz CT molecular complexity index is 706. The van der Waals surface area contributed by atoms with E-state index >= 15 is 0 Å². The summed E-state index contributed by atoms with van der Waals surface area (Å²) in [6.07, 6.45) is 1.51. The van der Waals surface area contributed by atoms with Crippen LogP contribution in [0.2, 0.25) is 0 Å². The summed E-state index contributed by atoms with van der Waals surface area (Å²) in [5, 5.41) is 2.39. The number of carbonyl (C=O) groups is 2. The van der Waals surface area contributed by atoms with Crippen LogP contribution in [-0.4, -0.2) is 24.0 Å². The van der Waals surface area contributed by atoms with Crippen molar-refractivity contribution in [3.05, 3.63) is 58.1 Å². The minimum absolute atomic E-state index is 0.112. The van der Waals surface area contributed by atoms with E-state index < -0.39 is 17.7 Å². The van der Waals surface area contributed by atoms with Crippen LogP contribution < -0.4 is 5.32 Å². The molecule has 0 aliphatic rings. The summed E-state index contributed by atoms with van der Waals surface area (Å²) in [5.74, 6) is -1.82. The second kappa shape index (κ2) is 6.45. The fourth-order valence-corrected chi connectivity index (χ4v) is 2.04. The third-order valence-corrected chi connectivity index (χ3v) is 3.27. The summed E-state index contributed by atoms with van der Waals surface area (Å²) in [4.78, 5) is 27.4. The Balaban J connectivity index is 2.29. The molecule has 0 spiro atoms. The lowest BCUT2D eigenvalue weighted by Gasteiger charge is -2.08. The molecule has 1 heterocycles. The number of benzene rings is 1. The first-order valence-corrected chi connectivity index (χ1v) is 6.62. The summed E-state index contributed by atoms with van der Waals surface area (Å²) in [5.41, 5.74) is 0.276. The second-order valence-electron chi connectivity index (χ2n) is 3.98. The van der Waals surface area contributed by atoms with Gasteiger partial charge in [-0.1, -0.05) is 0 Å². The number of hydrogen-bond donors (Lipinski definition) is 1. The highest BCUT2D eigenvalue weighted by Gasteiger charge is 2.15. The van der Waals surface area contributed by atoms with E-state index in [-0.39, 0.29) is 16.8 Å². The maximum atomic E-state index is 13.7. The highest BCUT2D eigenvalue weighted by Crippen LogP contribution is 2.19. The SMILES string of the molecule is COC(=O)c1ccc(F)c(NC(=O)c2cccnc2Br)c1. The lowest BCUT2D eigenvalue weighted by molar-refractivity contribution is 0.0600. The predicted octanol–water partition coefficient (Wildman–Crippen LogP) is 3.02. The molecule has 0 aliphatic heterocycles. The van der Waals surface area contributed by atoms with Crippen molar-refractivity contribution in [3.8, 4) is 0 Å².